The van der Waals surface area contributed by atoms with Crippen LogP contribution in [0.2, 0.25) is 0 Å². The molecule has 3 aliphatic rings. The summed E-state index contributed by atoms with van der Waals surface area (Å²) in [5.41, 5.74) is 1.17. The van der Waals surface area contributed by atoms with Gasteiger partial charge < -0.3 is 5.32 Å². The first-order valence-electron chi connectivity index (χ1n) is 9.02. The fourth-order valence-corrected chi connectivity index (χ4v) is 5.45. The minimum atomic E-state index is -1.22. The third-order valence-corrected chi connectivity index (χ3v) is 6.28. The van der Waals surface area contributed by atoms with Crippen molar-refractivity contribution in [1.82, 2.24) is 4.90 Å². The van der Waals surface area contributed by atoms with Crippen LogP contribution in [-0.4, -0.2) is 34.4 Å². The second kappa shape index (κ2) is 5.38. The van der Waals surface area contributed by atoms with Gasteiger partial charge in [-0.1, -0.05) is 48.5 Å². The molecule has 4 atom stereocenters. The van der Waals surface area contributed by atoms with E-state index in [1.807, 2.05) is 54.6 Å². The maximum atomic E-state index is 13.2. The average Bonchev–Trinajstić information content (AvgIpc) is 3.29. The molecule has 0 bridgehead atoms. The van der Waals surface area contributed by atoms with Crippen LogP contribution >= 0.6 is 0 Å². The number of fused-ring (bicyclic) bond motifs is 4. The minimum absolute atomic E-state index is 0.00436. The summed E-state index contributed by atoms with van der Waals surface area (Å²) in [5.74, 6) is -0.559. The Kier molecular flexibility index (Phi) is 3.21. The van der Waals surface area contributed by atoms with Crippen LogP contribution in [0.3, 0.4) is 0 Å². The van der Waals surface area contributed by atoms with Gasteiger partial charge in [0.2, 0.25) is 0 Å². The number of rotatable bonds is 2. The molecule has 2 saturated heterocycles. The molecule has 0 aliphatic carbocycles. The fourth-order valence-electron chi connectivity index (χ4n) is 5.45. The lowest BCUT2D eigenvalue weighted by Gasteiger charge is -2.32. The molecule has 2 aromatic carbocycles. The number of amides is 1. The Hall–Kier alpha value is -2.73. The molecule has 6 heteroatoms. The number of carbonyl (C=O) groups excluding carboxylic acids is 1. The topological polar surface area (TPSA) is 75.5 Å². The number of nitro groups is 1. The molecule has 3 heterocycles. The SMILES string of the molecule is O=C1Nc2ccccc2C12C([N+](=O)[O-])C(c1ccccc1)C1CCCN12. The number of nitrogens with one attached hydrogen (secondary N) is 1. The molecule has 0 radical (unpaired) electrons. The summed E-state index contributed by atoms with van der Waals surface area (Å²) in [5, 5.41) is 15.2. The minimum Gasteiger partial charge on any atom is -0.324 e. The van der Waals surface area contributed by atoms with Gasteiger partial charge in [-0.25, -0.2) is 0 Å². The number of para-hydroxylation sites is 1. The number of benzene rings is 2. The summed E-state index contributed by atoms with van der Waals surface area (Å²) in [7, 11) is 0. The Labute approximate surface area is 151 Å². The van der Waals surface area contributed by atoms with Gasteiger partial charge in [0.25, 0.3) is 11.9 Å². The lowest BCUT2D eigenvalue weighted by Crippen LogP contribution is -2.55. The number of hydrogen-bond acceptors (Lipinski definition) is 4. The predicted octanol–water partition coefficient (Wildman–Crippen LogP) is 2.74. The van der Waals surface area contributed by atoms with Crippen LogP contribution in [0.15, 0.2) is 54.6 Å². The van der Waals surface area contributed by atoms with Gasteiger partial charge in [-0.15, -0.1) is 0 Å². The van der Waals surface area contributed by atoms with E-state index in [2.05, 4.69) is 10.2 Å². The van der Waals surface area contributed by atoms with Crippen molar-refractivity contribution in [3.05, 3.63) is 75.8 Å². The van der Waals surface area contributed by atoms with E-state index in [0.29, 0.717) is 12.2 Å². The van der Waals surface area contributed by atoms with Crippen molar-refractivity contribution in [1.29, 1.82) is 0 Å². The highest BCUT2D eigenvalue weighted by molar-refractivity contribution is 6.07. The number of hydrogen-bond donors (Lipinski definition) is 1. The summed E-state index contributed by atoms with van der Waals surface area (Å²) in [6, 6.07) is 16.1. The zero-order valence-electron chi connectivity index (χ0n) is 14.2. The molecule has 26 heavy (non-hydrogen) atoms. The normalized spacial score (nSPS) is 32.5. The first kappa shape index (κ1) is 15.5. The smallest absolute Gasteiger partial charge is 0.256 e. The molecule has 2 aromatic rings. The van der Waals surface area contributed by atoms with E-state index in [0.717, 1.165) is 24.0 Å². The highest BCUT2D eigenvalue weighted by Crippen LogP contribution is 2.57. The van der Waals surface area contributed by atoms with Crippen LogP contribution < -0.4 is 5.32 Å². The van der Waals surface area contributed by atoms with E-state index in [1.165, 1.54) is 0 Å². The van der Waals surface area contributed by atoms with E-state index in [-0.39, 0.29) is 22.8 Å². The molecule has 132 valence electrons. The third kappa shape index (κ3) is 1.77. The summed E-state index contributed by atoms with van der Waals surface area (Å²) < 4.78 is 0. The standard InChI is InChI=1S/C20H19N3O3/c24-19-20(14-9-4-5-10-15(14)21-19)18(23(25)26)17(13-7-2-1-3-8-13)16-11-6-12-22(16)20/h1-5,7-10,16-18H,6,11-12H2,(H,21,24). The Morgan fingerprint density at radius 1 is 1.12 bits per heavy atom. The molecule has 1 N–H and O–H groups in total. The lowest BCUT2D eigenvalue weighted by molar-refractivity contribution is -0.534. The molecule has 1 spiro atoms. The predicted molar refractivity (Wildman–Crippen MR) is 96.4 cm³/mol. The maximum Gasteiger partial charge on any atom is 0.256 e. The molecule has 2 fully saturated rings. The van der Waals surface area contributed by atoms with Crippen LogP contribution in [0.5, 0.6) is 0 Å². The van der Waals surface area contributed by atoms with E-state index in [4.69, 9.17) is 0 Å². The van der Waals surface area contributed by atoms with Crippen LogP contribution in [0, 0.1) is 10.1 Å². The molecule has 3 aliphatic heterocycles. The lowest BCUT2D eigenvalue weighted by atomic mass is 9.77. The van der Waals surface area contributed by atoms with Gasteiger partial charge in [0.1, 0.15) is 0 Å². The van der Waals surface area contributed by atoms with Gasteiger partial charge in [-0.3, -0.25) is 19.8 Å². The number of carbonyl (C=O) groups is 1. The first-order chi connectivity index (χ1) is 12.7. The van der Waals surface area contributed by atoms with E-state index < -0.39 is 11.6 Å². The van der Waals surface area contributed by atoms with E-state index in [9.17, 15) is 14.9 Å². The van der Waals surface area contributed by atoms with Gasteiger partial charge in [-0.2, -0.15) is 0 Å². The largest absolute Gasteiger partial charge is 0.324 e. The van der Waals surface area contributed by atoms with Crippen molar-refractivity contribution in [3.8, 4) is 0 Å². The second-order valence-electron chi connectivity index (χ2n) is 7.34. The van der Waals surface area contributed by atoms with Crippen molar-refractivity contribution in [2.24, 2.45) is 0 Å². The quantitative estimate of drug-likeness (QED) is 0.668. The van der Waals surface area contributed by atoms with Crippen molar-refractivity contribution in [2.45, 2.75) is 36.4 Å². The Morgan fingerprint density at radius 2 is 1.85 bits per heavy atom. The Bertz CT molecular complexity index is 900. The molecular weight excluding hydrogens is 330 g/mol. The zero-order valence-corrected chi connectivity index (χ0v) is 14.2. The number of nitrogens with zero attached hydrogens (tertiary/aromatic N) is 2. The zero-order chi connectivity index (χ0) is 17.9. The van der Waals surface area contributed by atoms with Crippen molar-refractivity contribution in [2.75, 3.05) is 11.9 Å². The highest BCUT2D eigenvalue weighted by Gasteiger charge is 2.73. The van der Waals surface area contributed by atoms with Crippen molar-refractivity contribution in [3.63, 3.8) is 0 Å². The third-order valence-electron chi connectivity index (χ3n) is 6.28. The molecular formula is C20H19N3O3. The summed E-state index contributed by atoms with van der Waals surface area (Å²) in [4.78, 5) is 27.5. The molecule has 0 saturated carbocycles. The van der Waals surface area contributed by atoms with Crippen LogP contribution in [0.25, 0.3) is 0 Å². The van der Waals surface area contributed by atoms with Crippen molar-refractivity contribution < 1.29 is 9.72 Å². The molecule has 6 nitrogen and oxygen atoms in total. The first-order valence-corrected chi connectivity index (χ1v) is 9.02. The van der Waals surface area contributed by atoms with Gasteiger partial charge >= 0.3 is 0 Å². The molecule has 0 aromatic heterocycles. The maximum absolute atomic E-state index is 13.2. The summed E-state index contributed by atoms with van der Waals surface area (Å²) >= 11 is 0. The second-order valence-corrected chi connectivity index (χ2v) is 7.34. The van der Waals surface area contributed by atoms with Crippen LogP contribution in [-0.2, 0) is 10.3 Å². The monoisotopic (exact) mass is 349 g/mol. The number of anilines is 1. The van der Waals surface area contributed by atoms with E-state index >= 15 is 0 Å². The molecule has 4 unspecified atom stereocenters. The Balaban J connectivity index is 1.78. The Morgan fingerprint density at radius 3 is 2.62 bits per heavy atom. The van der Waals surface area contributed by atoms with E-state index in [1.54, 1.807) is 0 Å². The summed E-state index contributed by atoms with van der Waals surface area (Å²) in [6.45, 7) is 0.708. The van der Waals surface area contributed by atoms with Crippen LogP contribution in [0.4, 0.5) is 5.69 Å². The average molecular weight is 349 g/mol. The highest BCUT2D eigenvalue weighted by atomic mass is 16.6. The fraction of sp³-hybridized carbons (Fsp3) is 0.350. The van der Waals surface area contributed by atoms with Crippen molar-refractivity contribution >= 4 is 11.6 Å². The molecule has 5 rings (SSSR count). The molecule has 1 amide bonds. The van der Waals surface area contributed by atoms with Crippen LogP contribution in [0.1, 0.15) is 29.9 Å². The van der Waals surface area contributed by atoms with Gasteiger partial charge in [0.15, 0.2) is 5.54 Å². The summed E-state index contributed by atoms with van der Waals surface area (Å²) in [6.07, 6.45) is 1.83. The van der Waals surface area contributed by atoms with Gasteiger partial charge in [0, 0.05) is 28.8 Å². The van der Waals surface area contributed by atoms with Gasteiger partial charge in [0.05, 0.1) is 5.92 Å². The van der Waals surface area contributed by atoms with Gasteiger partial charge in [-0.05, 0) is 24.5 Å².